The smallest absolute Gasteiger partial charge is 0.252 e. The Kier molecular flexibility index (Phi) is 6.72. The van der Waals surface area contributed by atoms with Crippen molar-refractivity contribution < 1.29 is 14.3 Å². The molecule has 0 unspecified atom stereocenters. The van der Waals surface area contributed by atoms with Gasteiger partial charge >= 0.3 is 0 Å². The maximum absolute atomic E-state index is 13.3. The van der Waals surface area contributed by atoms with Crippen LogP contribution in [0.3, 0.4) is 0 Å². The minimum Gasteiger partial charge on any atom is -0.497 e. The Bertz CT molecular complexity index is 1070. The maximum Gasteiger partial charge on any atom is 0.252 e. The van der Waals surface area contributed by atoms with Gasteiger partial charge in [-0.3, -0.25) is 9.69 Å². The summed E-state index contributed by atoms with van der Waals surface area (Å²) in [7, 11) is 1.66. The molecule has 1 amide bonds. The zero-order valence-electron chi connectivity index (χ0n) is 19.2. The Morgan fingerprint density at radius 2 is 1.94 bits per heavy atom. The number of aryl methyl sites for hydroxylation is 1. The maximum atomic E-state index is 13.3. The highest BCUT2D eigenvalue weighted by Gasteiger charge is 2.24. The predicted molar refractivity (Wildman–Crippen MR) is 123 cm³/mol. The van der Waals surface area contributed by atoms with E-state index in [-0.39, 0.29) is 18.0 Å². The van der Waals surface area contributed by atoms with E-state index in [2.05, 4.69) is 46.3 Å². The third-order valence-corrected chi connectivity index (χ3v) is 5.87. The molecule has 4 rings (SSSR count). The third-order valence-electron chi connectivity index (χ3n) is 5.87. The van der Waals surface area contributed by atoms with Crippen LogP contribution in [-0.4, -0.2) is 65.5 Å². The molecule has 8 nitrogen and oxygen atoms in total. The number of morpholine rings is 1. The first-order chi connectivity index (χ1) is 15.5. The summed E-state index contributed by atoms with van der Waals surface area (Å²) < 4.78 is 12.7. The van der Waals surface area contributed by atoms with Crippen LogP contribution < -0.4 is 10.1 Å². The standard InChI is InChI=1S/C24H31N5O3/c1-16(2)29-23-21(14-26-29)20(13-17(3)27-23)24(30)25-15-22(28-9-11-32-12-10-28)18-5-7-19(31-4)8-6-18/h5-8,13-14,16,22H,9-12,15H2,1-4H3,(H,25,30)/t22-/m1/s1. The van der Waals surface area contributed by atoms with Crippen molar-refractivity contribution in [3.05, 3.63) is 53.3 Å². The molecule has 170 valence electrons. The summed E-state index contributed by atoms with van der Waals surface area (Å²) in [5.74, 6) is 0.700. The molecular formula is C24H31N5O3. The number of amides is 1. The lowest BCUT2D eigenvalue weighted by Crippen LogP contribution is -2.43. The Morgan fingerprint density at radius 1 is 1.22 bits per heavy atom. The molecule has 3 aromatic rings. The van der Waals surface area contributed by atoms with Crippen molar-refractivity contribution in [1.29, 1.82) is 0 Å². The highest BCUT2D eigenvalue weighted by molar-refractivity contribution is 6.05. The Morgan fingerprint density at radius 3 is 2.59 bits per heavy atom. The van der Waals surface area contributed by atoms with Gasteiger partial charge in [0.05, 0.1) is 43.5 Å². The van der Waals surface area contributed by atoms with Gasteiger partial charge in [-0.1, -0.05) is 12.1 Å². The van der Waals surface area contributed by atoms with E-state index in [1.165, 1.54) is 0 Å². The minimum absolute atomic E-state index is 0.0468. The van der Waals surface area contributed by atoms with Crippen LogP contribution in [0.2, 0.25) is 0 Å². The van der Waals surface area contributed by atoms with Crippen LogP contribution in [0.4, 0.5) is 0 Å². The molecule has 0 bridgehead atoms. The number of methoxy groups -OCH3 is 1. The molecule has 8 heteroatoms. The van der Waals surface area contributed by atoms with Crippen LogP contribution >= 0.6 is 0 Å². The molecule has 1 aliphatic heterocycles. The van der Waals surface area contributed by atoms with Gasteiger partial charge in [-0.25, -0.2) is 9.67 Å². The molecule has 1 aliphatic rings. The van der Waals surface area contributed by atoms with E-state index in [0.29, 0.717) is 25.3 Å². The van der Waals surface area contributed by atoms with Crippen molar-refractivity contribution in [3.63, 3.8) is 0 Å². The number of nitrogens with zero attached hydrogens (tertiary/aromatic N) is 4. The number of ether oxygens (including phenoxy) is 2. The van der Waals surface area contributed by atoms with Gasteiger partial charge in [0.15, 0.2) is 5.65 Å². The number of fused-ring (bicyclic) bond motifs is 1. The Labute approximate surface area is 188 Å². The molecule has 1 N–H and O–H groups in total. The Hall–Kier alpha value is -2.97. The third kappa shape index (κ3) is 4.61. The number of carbonyl (C=O) groups is 1. The van der Waals surface area contributed by atoms with E-state index in [4.69, 9.17) is 9.47 Å². The number of aromatic nitrogens is 3. The normalized spacial score (nSPS) is 15.8. The quantitative estimate of drug-likeness (QED) is 0.612. The summed E-state index contributed by atoms with van der Waals surface area (Å²) in [6, 6.07) is 10.1. The number of hydrogen-bond acceptors (Lipinski definition) is 6. The summed E-state index contributed by atoms with van der Waals surface area (Å²) in [6.45, 7) is 9.54. The summed E-state index contributed by atoms with van der Waals surface area (Å²) in [5.41, 5.74) is 3.28. The van der Waals surface area contributed by atoms with Gasteiger partial charge in [-0.2, -0.15) is 5.10 Å². The molecule has 1 saturated heterocycles. The highest BCUT2D eigenvalue weighted by atomic mass is 16.5. The Balaban J connectivity index is 1.58. The van der Waals surface area contributed by atoms with Gasteiger partial charge < -0.3 is 14.8 Å². The van der Waals surface area contributed by atoms with Gasteiger partial charge in [-0.05, 0) is 44.5 Å². The summed E-state index contributed by atoms with van der Waals surface area (Å²) in [5, 5.41) is 8.39. The van der Waals surface area contributed by atoms with Crippen molar-refractivity contribution >= 4 is 16.9 Å². The van der Waals surface area contributed by atoms with Crippen LogP contribution in [0, 0.1) is 6.92 Å². The van der Waals surface area contributed by atoms with Gasteiger partial charge in [0.1, 0.15) is 5.75 Å². The molecule has 1 fully saturated rings. The minimum atomic E-state index is -0.115. The lowest BCUT2D eigenvalue weighted by atomic mass is 10.0. The van der Waals surface area contributed by atoms with Gasteiger partial charge in [0, 0.05) is 31.4 Å². The van der Waals surface area contributed by atoms with Crippen LogP contribution in [-0.2, 0) is 4.74 Å². The highest BCUT2D eigenvalue weighted by Crippen LogP contribution is 2.25. The summed E-state index contributed by atoms with van der Waals surface area (Å²) in [4.78, 5) is 20.2. The van der Waals surface area contributed by atoms with E-state index < -0.39 is 0 Å². The van der Waals surface area contributed by atoms with E-state index in [1.807, 2.05) is 29.8 Å². The van der Waals surface area contributed by atoms with Gasteiger partial charge in [0.25, 0.3) is 5.91 Å². The molecule has 2 aromatic heterocycles. The lowest BCUT2D eigenvalue weighted by Gasteiger charge is -2.35. The zero-order valence-corrected chi connectivity index (χ0v) is 19.2. The average molecular weight is 438 g/mol. The molecule has 0 spiro atoms. The second kappa shape index (κ2) is 9.67. The molecule has 1 aromatic carbocycles. The molecule has 1 atom stereocenters. The number of rotatable bonds is 7. The summed E-state index contributed by atoms with van der Waals surface area (Å²) in [6.07, 6.45) is 1.74. The fourth-order valence-corrected chi connectivity index (χ4v) is 4.17. The fraction of sp³-hybridized carbons (Fsp3) is 0.458. The molecule has 3 heterocycles. The van der Waals surface area contributed by atoms with Crippen LogP contribution in [0.1, 0.15) is 47.5 Å². The van der Waals surface area contributed by atoms with E-state index in [0.717, 1.165) is 41.1 Å². The number of hydrogen-bond donors (Lipinski definition) is 1. The summed E-state index contributed by atoms with van der Waals surface area (Å²) >= 11 is 0. The van der Waals surface area contributed by atoms with Crippen LogP contribution in [0.5, 0.6) is 5.75 Å². The van der Waals surface area contributed by atoms with Gasteiger partial charge in [-0.15, -0.1) is 0 Å². The zero-order chi connectivity index (χ0) is 22.7. The predicted octanol–water partition coefficient (Wildman–Crippen LogP) is 3.13. The lowest BCUT2D eigenvalue weighted by molar-refractivity contribution is 0.0162. The molecular weight excluding hydrogens is 406 g/mol. The molecule has 32 heavy (non-hydrogen) atoms. The van der Waals surface area contributed by atoms with E-state index in [9.17, 15) is 4.79 Å². The first-order valence-corrected chi connectivity index (χ1v) is 11.1. The number of nitrogens with one attached hydrogen (secondary N) is 1. The van der Waals surface area contributed by atoms with Crippen molar-refractivity contribution in [2.45, 2.75) is 32.9 Å². The second-order valence-electron chi connectivity index (χ2n) is 8.38. The van der Waals surface area contributed by atoms with Crippen molar-refractivity contribution in [2.75, 3.05) is 40.0 Å². The molecule has 0 radical (unpaired) electrons. The van der Waals surface area contributed by atoms with E-state index >= 15 is 0 Å². The number of carbonyl (C=O) groups excluding carboxylic acids is 1. The average Bonchev–Trinajstić information content (AvgIpc) is 3.23. The molecule has 0 aliphatic carbocycles. The van der Waals surface area contributed by atoms with Crippen LogP contribution in [0.15, 0.2) is 36.5 Å². The van der Waals surface area contributed by atoms with Crippen molar-refractivity contribution in [1.82, 2.24) is 25.0 Å². The largest absolute Gasteiger partial charge is 0.497 e. The van der Waals surface area contributed by atoms with Crippen molar-refractivity contribution in [2.24, 2.45) is 0 Å². The number of benzene rings is 1. The topological polar surface area (TPSA) is 81.5 Å². The SMILES string of the molecule is COc1ccc([C@@H](CNC(=O)c2cc(C)nc3c2cnn3C(C)C)N2CCOCC2)cc1. The fourth-order valence-electron chi connectivity index (χ4n) is 4.17. The molecule has 0 saturated carbocycles. The monoisotopic (exact) mass is 437 g/mol. The first kappa shape index (κ1) is 22.2. The van der Waals surface area contributed by atoms with Gasteiger partial charge in [0.2, 0.25) is 0 Å². The first-order valence-electron chi connectivity index (χ1n) is 11.1. The number of pyridine rings is 1. The van der Waals surface area contributed by atoms with E-state index in [1.54, 1.807) is 13.3 Å². The van der Waals surface area contributed by atoms with Crippen molar-refractivity contribution in [3.8, 4) is 5.75 Å². The van der Waals surface area contributed by atoms with Crippen LogP contribution in [0.25, 0.3) is 11.0 Å². The second-order valence-corrected chi connectivity index (χ2v) is 8.38.